The number of aliphatic imine (C=N–C) groups is 3. The molecule has 558 valence electrons. The molecule has 0 unspecified atom stereocenters. The lowest BCUT2D eigenvalue weighted by Gasteiger charge is -2.30. The number of fused-ring (bicyclic) bond motifs is 1. The number of guanidine groups is 3. The first kappa shape index (κ1) is 84.3. The van der Waals surface area contributed by atoms with E-state index in [0.29, 0.717) is 32.1 Å². The Hall–Kier alpha value is -8.97. The number of carbonyl (C=O) groups excluding carboxylic acids is 12. The Labute approximate surface area is 581 Å². The predicted octanol–water partition coefficient (Wildman–Crippen LogP) is -5.55. The summed E-state index contributed by atoms with van der Waals surface area (Å²) in [6, 6.07) is -11.5. The molecule has 0 aliphatic carbocycles. The zero-order chi connectivity index (χ0) is 73.9. The Morgan fingerprint density at radius 1 is 0.545 bits per heavy atom. The molecule has 0 radical (unpaired) electrons. The number of nitrogens with two attached hydrogens (primary N) is 8. The Balaban J connectivity index is 1.72. The normalized spacial score (nSPS) is 18.5. The maximum Gasteiger partial charge on any atom is 0.315 e. The molecule has 0 bridgehead atoms. The first-order valence-electron chi connectivity index (χ1n) is 33.8. The van der Waals surface area contributed by atoms with E-state index in [4.69, 9.17) is 45.9 Å². The fourth-order valence-electron chi connectivity index (χ4n) is 11.4. The first-order valence-corrected chi connectivity index (χ1v) is 34.9. The summed E-state index contributed by atoms with van der Waals surface area (Å²) in [5.74, 6) is -9.87. The van der Waals surface area contributed by atoms with Crippen molar-refractivity contribution in [3.05, 3.63) is 0 Å². The largest absolute Gasteiger partial charge is 0.481 e. The average Bonchev–Trinajstić information content (AvgIpc) is 1.70. The number of carboxylic acids is 1. The summed E-state index contributed by atoms with van der Waals surface area (Å²) in [5.41, 5.74) is 44.1. The minimum absolute atomic E-state index is 0.0106. The summed E-state index contributed by atoms with van der Waals surface area (Å²) in [6.07, 6.45) is 3.39. The zero-order valence-corrected chi connectivity index (χ0v) is 58.4. The van der Waals surface area contributed by atoms with Crippen LogP contribution in [0.2, 0.25) is 0 Å². The van der Waals surface area contributed by atoms with E-state index >= 15 is 0 Å². The maximum absolute atomic E-state index is 14.3. The van der Waals surface area contributed by atoms with Gasteiger partial charge >= 0.3 is 12.0 Å². The molecule has 3 fully saturated rings. The van der Waals surface area contributed by atoms with Gasteiger partial charge in [0.05, 0.1) is 18.6 Å². The van der Waals surface area contributed by atoms with Crippen LogP contribution in [0.5, 0.6) is 0 Å². The summed E-state index contributed by atoms with van der Waals surface area (Å²) in [6.45, 7) is 8.56. The van der Waals surface area contributed by atoms with Crippen LogP contribution in [0.15, 0.2) is 15.0 Å². The molecule has 0 aromatic carbocycles. The third-order valence-corrected chi connectivity index (χ3v) is 17.9. The van der Waals surface area contributed by atoms with E-state index in [1.165, 1.54) is 11.8 Å². The highest BCUT2D eigenvalue weighted by Gasteiger charge is 2.43. The van der Waals surface area contributed by atoms with Crippen molar-refractivity contribution < 1.29 is 67.4 Å². The number of rotatable bonds is 47. The summed E-state index contributed by atoms with van der Waals surface area (Å²) in [5, 5.41) is 39.1. The van der Waals surface area contributed by atoms with Gasteiger partial charge in [0.2, 0.25) is 65.0 Å². The van der Waals surface area contributed by atoms with Gasteiger partial charge in [-0.2, -0.15) is 11.8 Å². The Bertz CT molecular complexity index is 2840. The molecular formula is C61H109N23O14S. The molecule has 0 aromatic rings. The minimum atomic E-state index is -1.56. The van der Waals surface area contributed by atoms with Crippen LogP contribution in [0.1, 0.15) is 157 Å². The van der Waals surface area contributed by atoms with Crippen molar-refractivity contribution in [2.45, 2.75) is 228 Å². The lowest BCUT2D eigenvalue weighted by Crippen LogP contribution is -2.59. The van der Waals surface area contributed by atoms with Gasteiger partial charge in [0.25, 0.3) is 0 Å². The maximum atomic E-state index is 14.3. The monoisotopic (exact) mass is 1420 g/mol. The van der Waals surface area contributed by atoms with Crippen LogP contribution >= 0.6 is 11.8 Å². The van der Waals surface area contributed by atoms with Crippen molar-refractivity contribution in [2.24, 2.45) is 72.7 Å². The number of aliphatic carboxylic acids is 1. The molecule has 12 atom stereocenters. The SMILES string of the molecule is CC(C)C[C@H](NC(=O)CNC(=O)[C@H](CC(C)C)NC(=O)[C@@H]1CCCN1C(=O)[C@H](CCCN=C(N)N)NC(=O)CCCC[C@@H]1SC[C@@H]2NC(=O)N[C@@H]21)C(=O)N[C@@H](CCCCN)C(=O)N[C@@H](C)C(=O)N[C@@H](CCCN=C(N)N)C(=O)N[C@@H](CCC(=O)O)C(=O)N[C@@H](CCCN=C(N)N)C(N)=O. The summed E-state index contributed by atoms with van der Waals surface area (Å²) in [7, 11) is 0. The highest BCUT2D eigenvalue weighted by Crippen LogP contribution is 2.33. The van der Waals surface area contributed by atoms with Gasteiger partial charge in [-0.25, -0.2) is 4.79 Å². The van der Waals surface area contributed by atoms with Gasteiger partial charge in [-0.1, -0.05) is 34.1 Å². The number of nitrogens with one attached hydrogen (secondary N) is 11. The topological polar surface area (TPSA) is 623 Å². The van der Waals surface area contributed by atoms with Crippen LogP contribution in [-0.4, -0.2) is 222 Å². The number of unbranched alkanes of at least 4 members (excludes halogenated alkanes) is 2. The lowest BCUT2D eigenvalue weighted by atomic mass is 10.0. The van der Waals surface area contributed by atoms with Crippen LogP contribution in [0.25, 0.3) is 0 Å². The quantitative estimate of drug-likeness (QED) is 0.0117. The number of nitrogens with zero attached hydrogens (tertiary/aromatic N) is 4. The Morgan fingerprint density at radius 3 is 1.59 bits per heavy atom. The summed E-state index contributed by atoms with van der Waals surface area (Å²) >= 11 is 1.78. The van der Waals surface area contributed by atoms with E-state index in [-0.39, 0.29) is 156 Å². The Morgan fingerprint density at radius 2 is 1.04 bits per heavy atom. The van der Waals surface area contributed by atoms with Crippen LogP contribution in [0.4, 0.5) is 4.79 Å². The number of carbonyl (C=O) groups is 13. The number of primary amides is 1. The molecule has 3 rings (SSSR count). The van der Waals surface area contributed by atoms with Gasteiger partial charge < -0.3 is 114 Å². The van der Waals surface area contributed by atoms with Crippen molar-refractivity contribution >= 4 is 107 Å². The predicted molar refractivity (Wildman–Crippen MR) is 370 cm³/mol. The fraction of sp³-hybridized carbons (Fsp3) is 0.738. The lowest BCUT2D eigenvalue weighted by molar-refractivity contribution is -0.142. The highest BCUT2D eigenvalue weighted by atomic mass is 32.2. The number of thioether (sulfide) groups is 1. The zero-order valence-electron chi connectivity index (χ0n) is 57.5. The fourth-order valence-corrected chi connectivity index (χ4v) is 12.9. The molecule has 13 amide bonds. The number of likely N-dealkylation sites (tertiary alicyclic amines) is 1. The molecule has 0 saturated carbocycles. The van der Waals surface area contributed by atoms with Crippen LogP contribution in [0, 0.1) is 11.8 Å². The third-order valence-electron chi connectivity index (χ3n) is 16.4. The van der Waals surface area contributed by atoms with E-state index in [0.717, 1.165) is 18.6 Å². The molecule has 38 heteroatoms. The average molecular weight is 1420 g/mol. The van der Waals surface area contributed by atoms with Crippen LogP contribution in [0.3, 0.4) is 0 Å². The van der Waals surface area contributed by atoms with Crippen LogP contribution < -0.4 is 104 Å². The van der Waals surface area contributed by atoms with Crippen LogP contribution in [-0.2, 0) is 57.5 Å². The molecule has 37 nitrogen and oxygen atoms in total. The molecule has 3 aliphatic heterocycles. The third kappa shape index (κ3) is 32.1. The van der Waals surface area contributed by atoms with E-state index in [9.17, 15) is 67.4 Å². The van der Waals surface area contributed by atoms with Gasteiger partial charge in [0.1, 0.15) is 54.4 Å². The molecular weight excluding hydrogens is 1310 g/mol. The second-order valence-corrected chi connectivity index (χ2v) is 27.0. The van der Waals surface area contributed by atoms with E-state index in [2.05, 4.69) is 73.5 Å². The molecule has 99 heavy (non-hydrogen) atoms. The number of carboxylic acid groups (broad SMARTS) is 1. The molecule has 0 aromatic heterocycles. The standard InChI is InChI=1S/C61H109N23O14S/c1-32(2)28-40(81-56(96)43-18-13-27-84(43)57(97)39(17-12-26-72-60(68)69)75-45(85)20-7-6-19-44-48-42(31-99-44)82-61(98)83-48)51(91)73-30-46(86)76-41(29-33(3)4)55(95)79-36(14-8-9-23-62)52(92)74-34(5)50(90)78-37(16-11-25-71-59(66)67)53(93)80-38(21-22-47(87)88)54(94)77-35(49(63)89)15-10-24-70-58(64)65/h32-44,48H,6-31,62H2,1-5H3,(H2,63,89)(H,73,91)(H,74,92)(H,75,85)(H,76,86)(H,77,94)(H,78,90)(H,79,95)(H,80,93)(H,81,96)(H,87,88)(H4,64,65,70)(H4,66,67,71)(H4,68,69,72)(H2,82,83,98)/t34-,35-,36-,37-,38-,39-,40-,41-,42-,43-,44-,48-/m0/s1. The Kier molecular flexibility index (Phi) is 37.6. The van der Waals surface area contributed by atoms with Crippen molar-refractivity contribution in [1.82, 2.24) is 63.4 Å². The minimum Gasteiger partial charge on any atom is -0.481 e. The van der Waals surface area contributed by atoms with E-state index in [1.807, 2.05) is 13.8 Å². The molecule has 3 saturated heterocycles. The number of amides is 13. The van der Waals surface area contributed by atoms with Crippen molar-refractivity contribution in [1.29, 1.82) is 0 Å². The van der Waals surface area contributed by atoms with Crippen molar-refractivity contribution in [3.8, 4) is 0 Å². The number of hydrogen-bond donors (Lipinski definition) is 20. The van der Waals surface area contributed by atoms with Crippen molar-refractivity contribution in [2.75, 3.05) is 45.0 Å². The van der Waals surface area contributed by atoms with E-state index in [1.54, 1.807) is 25.6 Å². The molecule has 28 N–H and O–H groups in total. The smallest absolute Gasteiger partial charge is 0.315 e. The molecule has 0 spiro atoms. The van der Waals surface area contributed by atoms with E-state index < -0.39 is 139 Å². The van der Waals surface area contributed by atoms with Gasteiger partial charge in [-0.3, -0.25) is 72.5 Å². The molecule has 3 heterocycles. The summed E-state index contributed by atoms with van der Waals surface area (Å²) < 4.78 is 0. The van der Waals surface area contributed by atoms with Gasteiger partial charge in [0, 0.05) is 50.0 Å². The highest BCUT2D eigenvalue weighted by molar-refractivity contribution is 8.00. The number of urea groups is 1. The second kappa shape index (κ2) is 44.1. The van der Waals surface area contributed by atoms with Gasteiger partial charge in [0.15, 0.2) is 17.9 Å². The van der Waals surface area contributed by atoms with Crippen molar-refractivity contribution in [3.63, 3.8) is 0 Å². The summed E-state index contributed by atoms with van der Waals surface area (Å²) in [4.78, 5) is 188. The molecule has 3 aliphatic rings. The number of hydrogen-bond acceptors (Lipinski definition) is 18. The second-order valence-electron chi connectivity index (χ2n) is 25.8. The van der Waals surface area contributed by atoms with Gasteiger partial charge in [-0.05, 0) is 128 Å². The first-order chi connectivity index (χ1) is 46.8. The van der Waals surface area contributed by atoms with Gasteiger partial charge in [-0.15, -0.1) is 0 Å².